The highest BCUT2D eigenvalue weighted by Crippen LogP contribution is 2.25. The molecular formula is C22H13ClFNO3. The summed E-state index contributed by atoms with van der Waals surface area (Å²) in [6.45, 7) is 0. The molecule has 4 aromatic rings. The minimum Gasteiger partial charge on any atom is -0.456 e. The van der Waals surface area contributed by atoms with Crippen molar-refractivity contribution in [3.63, 3.8) is 0 Å². The van der Waals surface area contributed by atoms with Crippen LogP contribution in [-0.4, -0.2) is 5.91 Å². The molecule has 0 fully saturated rings. The van der Waals surface area contributed by atoms with E-state index >= 15 is 0 Å². The van der Waals surface area contributed by atoms with Gasteiger partial charge >= 0.3 is 0 Å². The lowest BCUT2D eigenvalue weighted by molar-refractivity contribution is 0.102. The molecule has 0 aliphatic heterocycles. The average Bonchev–Trinajstić information content (AvgIpc) is 2.69. The third-order valence-corrected chi connectivity index (χ3v) is 4.47. The molecule has 1 N–H and O–H groups in total. The molecule has 4 rings (SSSR count). The van der Waals surface area contributed by atoms with Crippen molar-refractivity contribution in [2.24, 2.45) is 0 Å². The van der Waals surface area contributed by atoms with Gasteiger partial charge in [-0.15, -0.1) is 0 Å². The summed E-state index contributed by atoms with van der Waals surface area (Å²) in [5.41, 5.74) is 1.65. The van der Waals surface area contributed by atoms with E-state index in [2.05, 4.69) is 5.32 Å². The first-order chi connectivity index (χ1) is 13.5. The molecule has 0 aliphatic rings. The monoisotopic (exact) mass is 393 g/mol. The number of hydrogen-bond acceptors (Lipinski definition) is 3. The summed E-state index contributed by atoms with van der Waals surface area (Å²) in [4.78, 5) is 24.8. The van der Waals surface area contributed by atoms with Gasteiger partial charge in [-0.2, -0.15) is 0 Å². The molecule has 0 radical (unpaired) electrons. The van der Waals surface area contributed by atoms with Gasteiger partial charge in [0.25, 0.3) is 5.91 Å². The lowest BCUT2D eigenvalue weighted by Gasteiger charge is -2.07. The Balaban J connectivity index is 1.66. The van der Waals surface area contributed by atoms with Gasteiger partial charge in [0.05, 0.1) is 5.39 Å². The molecule has 4 nitrogen and oxygen atoms in total. The molecule has 1 heterocycles. The van der Waals surface area contributed by atoms with Crippen LogP contribution in [0.1, 0.15) is 10.4 Å². The van der Waals surface area contributed by atoms with Crippen LogP contribution in [0.2, 0.25) is 5.02 Å². The lowest BCUT2D eigenvalue weighted by Crippen LogP contribution is -2.12. The first-order valence-electron chi connectivity index (χ1n) is 8.40. The highest BCUT2D eigenvalue weighted by Gasteiger charge is 2.10. The van der Waals surface area contributed by atoms with Crippen LogP contribution in [0.25, 0.3) is 22.3 Å². The van der Waals surface area contributed by atoms with E-state index in [4.69, 9.17) is 16.0 Å². The number of carbonyl (C=O) groups excluding carboxylic acids is 1. The highest BCUT2D eigenvalue weighted by molar-refractivity contribution is 6.30. The molecule has 0 atom stereocenters. The predicted molar refractivity (Wildman–Crippen MR) is 107 cm³/mol. The Kier molecular flexibility index (Phi) is 4.67. The molecule has 0 aliphatic carbocycles. The first kappa shape index (κ1) is 17.9. The molecule has 0 bridgehead atoms. The van der Waals surface area contributed by atoms with Crippen molar-refractivity contribution in [3.05, 3.63) is 99.4 Å². The number of rotatable bonds is 3. The summed E-state index contributed by atoms with van der Waals surface area (Å²) < 4.78 is 18.8. The summed E-state index contributed by atoms with van der Waals surface area (Å²) in [7, 11) is 0. The van der Waals surface area contributed by atoms with E-state index in [1.165, 1.54) is 30.3 Å². The van der Waals surface area contributed by atoms with E-state index in [1.54, 1.807) is 42.5 Å². The van der Waals surface area contributed by atoms with Crippen LogP contribution in [0.3, 0.4) is 0 Å². The third kappa shape index (κ3) is 3.66. The van der Waals surface area contributed by atoms with Gasteiger partial charge in [-0.25, -0.2) is 4.39 Å². The van der Waals surface area contributed by atoms with Crippen molar-refractivity contribution < 1.29 is 13.6 Å². The van der Waals surface area contributed by atoms with Crippen LogP contribution in [-0.2, 0) is 0 Å². The molecule has 0 spiro atoms. The van der Waals surface area contributed by atoms with Crippen LogP contribution in [0.15, 0.2) is 82.0 Å². The van der Waals surface area contributed by atoms with E-state index in [1.807, 2.05) is 0 Å². The maximum absolute atomic E-state index is 13.0. The summed E-state index contributed by atoms with van der Waals surface area (Å²) in [6.07, 6.45) is 0. The maximum atomic E-state index is 13.0. The van der Waals surface area contributed by atoms with Crippen molar-refractivity contribution in [2.75, 3.05) is 5.32 Å². The van der Waals surface area contributed by atoms with Crippen LogP contribution in [0, 0.1) is 5.82 Å². The van der Waals surface area contributed by atoms with Crippen LogP contribution in [0.5, 0.6) is 0 Å². The van der Waals surface area contributed by atoms with Gasteiger partial charge in [0.1, 0.15) is 17.2 Å². The van der Waals surface area contributed by atoms with Gasteiger partial charge in [-0.3, -0.25) is 9.59 Å². The highest BCUT2D eigenvalue weighted by atomic mass is 35.5. The summed E-state index contributed by atoms with van der Waals surface area (Å²) in [6, 6.07) is 18.4. The first-order valence-corrected chi connectivity index (χ1v) is 8.78. The summed E-state index contributed by atoms with van der Waals surface area (Å²) >= 11 is 5.89. The molecule has 0 saturated carbocycles. The molecule has 28 heavy (non-hydrogen) atoms. The molecule has 3 aromatic carbocycles. The average molecular weight is 394 g/mol. The predicted octanol–water partition coefficient (Wildman–Crippen LogP) is 5.50. The third-order valence-electron chi connectivity index (χ3n) is 4.22. The number of benzene rings is 3. The minimum absolute atomic E-state index is 0.232. The van der Waals surface area contributed by atoms with E-state index in [-0.39, 0.29) is 5.43 Å². The van der Waals surface area contributed by atoms with E-state index in [0.29, 0.717) is 33.0 Å². The quantitative estimate of drug-likeness (QED) is 0.499. The Morgan fingerprint density at radius 2 is 1.64 bits per heavy atom. The zero-order chi connectivity index (χ0) is 19.7. The number of nitrogens with one attached hydrogen (secondary N) is 1. The van der Waals surface area contributed by atoms with Crippen molar-refractivity contribution in [2.45, 2.75) is 0 Å². The SMILES string of the molecule is O=C(Nc1ccc2oc(-c3ccc(Cl)cc3)cc(=O)c2c1)c1ccc(F)cc1. The number of carbonyl (C=O) groups is 1. The molecule has 1 aromatic heterocycles. The number of fused-ring (bicyclic) bond motifs is 1. The number of amides is 1. The Labute approximate surface area is 164 Å². The van der Waals surface area contributed by atoms with Gasteiger partial charge in [0.2, 0.25) is 0 Å². The standard InChI is InChI=1S/C22H13ClFNO3/c23-15-5-1-13(2-6-15)21-12-19(26)18-11-17(9-10-20(18)28-21)25-22(27)14-3-7-16(24)8-4-14/h1-12H,(H,25,27). The maximum Gasteiger partial charge on any atom is 0.255 e. The van der Waals surface area contributed by atoms with Gasteiger partial charge < -0.3 is 9.73 Å². The Hall–Kier alpha value is -3.44. The number of anilines is 1. The Morgan fingerprint density at radius 3 is 2.36 bits per heavy atom. The second kappa shape index (κ2) is 7.29. The fraction of sp³-hybridized carbons (Fsp3) is 0. The smallest absolute Gasteiger partial charge is 0.255 e. The zero-order valence-corrected chi connectivity index (χ0v) is 15.2. The van der Waals surface area contributed by atoms with Crippen molar-refractivity contribution in [1.29, 1.82) is 0 Å². The Bertz CT molecular complexity index is 1230. The van der Waals surface area contributed by atoms with Gasteiger partial charge in [-0.1, -0.05) is 11.6 Å². The fourth-order valence-corrected chi connectivity index (χ4v) is 2.92. The summed E-state index contributed by atoms with van der Waals surface area (Å²) in [5, 5.41) is 3.63. The molecule has 1 amide bonds. The summed E-state index contributed by atoms with van der Waals surface area (Å²) in [5.74, 6) is -0.393. The van der Waals surface area contributed by atoms with Crippen LogP contribution < -0.4 is 10.7 Å². The van der Waals surface area contributed by atoms with Gasteiger partial charge in [-0.05, 0) is 66.7 Å². The zero-order valence-electron chi connectivity index (χ0n) is 14.4. The van der Waals surface area contributed by atoms with Crippen LogP contribution in [0.4, 0.5) is 10.1 Å². The van der Waals surface area contributed by atoms with E-state index in [0.717, 1.165) is 5.56 Å². The fourth-order valence-electron chi connectivity index (χ4n) is 2.79. The molecule has 6 heteroatoms. The largest absolute Gasteiger partial charge is 0.456 e. The lowest BCUT2D eigenvalue weighted by atomic mass is 10.1. The molecule has 138 valence electrons. The Morgan fingerprint density at radius 1 is 0.929 bits per heavy atom. The molecular weight excluding hydrogens is 381 g/mol. The van der Waals surface area contributed by atoms with Crippen molar-refractivity contribution in [3.8, 4) is 11.3 Å². The number of hydrogen-bond donors (Lipinski definition) is 1. The van der Waals surface area contributed by atoms with Crippen molar-refractivity contribution >= 4 is 34.2 Å². The van der Waals surface area contributed by atoms with Gasteiger partial charge in [0, 0.05) is 27.9 Å². The normalized spacial score (nSPS) is 10.8. The molecule has 0 saturated heterocycles. The second-order valence-corrected chi connectivity index (χ2v) is 6.59. The van der Waals surface area contributed by atoms with E-state index < -0.39 is 11.7 Å². The number of halogens is 2. The van der Waals surface area contributed by atoms with Crippen LogP contribution >= 0.6 is 11.6 Å². The second-order valence-electron chi connectivity index (χ2n) is 6.15. The minimum atomic E-state index is -0.420. The molecule has 0 unspecified atom stereocenters. The van der Waals surface area contributed by atoms with Gasteiger partial charge in [0.15, 0.2) is 5.43 Å². The van der Waals surface area contributed by atoms with E-state index in [9.17, 15) is 14.0 Å². The topological polar surface area (TPSA) is 59.3 Å². The van der Waals surface area contributed by atoms with Crippen molar-refractivity contribution in [1.82, 2.24) is 0 Å².